The molecule has 2 amide bonds. The minimum atomic E-state index is -0.911. The summed E-state index contributed by atoms with van der Waals surface area (Å²) in [5, 5.41) is 8.88. The molecule has 1 aromatic rings. The number of hydrogen-bond acceptors (Lipinski definition) is 6. The highest BCUT2D eigenvalue weighted by molar-refractivity contribution is 6.49. The predicted octanol–water partition coefficient (Wildman–Crippen LogP) is 1.83. The topological polar surface area (TPSA) is 106 Å². The number of rotatable bonds is 7. The van der Waals surface area contributed by atoms with E-state index in [0.717, 1.165) is 0 Å². The standard InChI is InChI=1S/C19H26BCl2N3O5/c1-11(2)6-16(20-29-10-12(3)23-9-18(27)30-20)25-17(26)8-24-19(28)14-7-13(21)4-5-15(14)22/h4-5,7,11-12,16,23H,6,8-10H2,1-3H3,(H,24,28)(H,25,26)/t12?,16-/m0/s1. The van der Waals surface area contributed by atoms with Crippen molar-refractivity contribution in [3.63, 3.8) is 0 Å². The molecule has 1 heterocycles. The smallest absolute Gasteiger partial charge is 0.507 e. The van der Waals surface area contributed by atoms with Crippen LogP contribution in [0.5, 0.6) is 0 Å². The molecule has 8 nitrogen and oxygen atoms in total. The molecule has 0 radical (unpaired) electrons. The van der Waals surface area contributed by atoms with Crippen LogP contribution in [0.25, 0.3) is 0 Å². The third kappa shape index (κ3) is 7.79. The van der Waals surface area contributed by atoms with Crippen LogP contribution in [-0.4, -0.2) is 56.6 Å². The lowest BCUT2D eigenvalue weighted by Gasteiger charge is -2.28. The fraction of sp³-hybridized carbons (Fsp3) is 0.526. The molecule has 1 aromatic carbocycles. The number of hydrogen-bond donors (Lipinski definition) is 3. The molecule has 1 aliphatic rings. The number of carbonyl (C=O) groups excluding carboxylic acids is 3. The lowest BCUT2D eigenvalue weighted by molar-refractivity contribution is -0.136. The first kappa shape index (κ1) is 24.5. The van der Waals surface area contributed by atoms with Gasteiger partial charge in [-0.1, -0.05) is 37.0 Å². The molecule has 164 valence electrons. The van der Waals surface area contributed by atoms with E-state index in [2.05, 4.69) is 16.0 Å². The molecule has 2 atom stereocenters. The monoisotopic (exact) mass is 457 g/mol. The molecular weight excluding hydrogens is 432 g/mol. The zero-order valence-electron chi connectivity index (χ0n) is 17.2. The largest absolute Gasteiger partial charge is 0.551 e. The van der Waals surface area contributed by atoms with Crippen LogP contribution in [0, 0.1) is 5.92 Å². The van der Waals surface area contributed by atoms with Gasteiger partial charge in [0.1, 0.15) is 0 Å². The molecule has 0 spiro atoms. The van der Waals surface area contributed by atoms with Gasteiger partial charge in [0.25, 0.3) is 5.91 Å². The highest BCUT2D eigenvalue weighted by Crippen LogP contribution is 2.20. The Labute approximate surface area is 186 Å². The molecule has 1 aliphatic heterocycles. The Morgan fingerprint density at radius 1 is 1.33 bits per heavy atom. The van der Waals surface area contributed by atoms with E-state index in [4.69, 9.17) is 32.5 Å². The SMILES string of the molecule is CC(C)C[C@H](NC(=O)CNC(=O)c1cc(Cl)ccc1Cl)B1OCC(C)NCC(=O)O1. The van der Waals surface area contributed by atoms with Crippen LogP contribution < -0.4 is 16.0 Å². The summed E-state index contributed by atoms with van der Waals surface area (Å²) in [6.07, 6.45) is 0.527. The Morgan fingerprint density at radius 3 is 2.77 bits per heavy atom. The summed E-state index contributed by atoms with van der Waals surface area (Å²) in [4.78, 5) is 36.7. The van der Waals surface area contributed by atoms with E-state index < -0.39 is 30.8 Å². The van der Waals surface area contributed by atoms with Crippen LogP contribution in [0.1, 0.15) is 37.6 Å². The van der Waals surface area contributed by atoms with Gasteiger partial charge in [-0.15, -0.1) is 0 Å². The van der Waals surface area contributed by atoms with Gasteiger partial charge in [0.05, 0.1) is 29.6 Å². The third-order valence-corrected chi connectivity index (χ3v) is 4.90. The van der Waals surface area contributed by atoms with E-state index in [1.807, 2.05) is 20.8 Å². The molecule has 3 N–H and O–H groups in total. The summed E-state index contributed by atoms with van der Waals surface area (Å²) < 4.78 is 11.1. The molecule has 0 bridgehead atoms. The van der Waals surface area contributed by atoms with Crippen molar-refractivity contribution in [2.45, 2.75) is 39.2 Å². The minimum absolute atomic E-state index is 0.0301. The van der Waals surface area contributed by atoms with Crippen molar-refractivity contribution in [3.05, 3.63) is 33.8 Å². The second-order valence-electron chi connectivity index (χ2n) is 7.58. The highest BCUT2D eigenvalue weighted by atomic mass is 35.5. The van der Waals surface area contributed by atoms with Gasteiger partial charge in [-0.2, -0.15) is 0 Å². The Morgan fingerprint density at radius 2 is 2.07 bits per heavy atom. The maximum atomic E-state index is 12.5. The van der Waals surface area contributed by atoms with Crippen LogP contribution in [-0.2, 0) is 18.9 Å². The molecule has 11 heteroatoms. The summed E-state index contributed by atoms with van der Waals surface area (Å²) >= 11 is 11.9. The van der Waals surface area contributed by atoms with Gasteiger partial charge < -0.3 is 25.3 Å². The van der Waals surface area contributed by atoms with E-state index >= 15 is 0 Å². The second kappa shape index (κ2) is 11.5. The van der Waals surface area contributed by atoms with Crippen molar-refractivity contribution in [1.29, 1.82) is 0 Å². The van der Waals surface area contributed by atoms with Gasteiger partial charge in [0.2, 0.25) is 5.91 Å². The van der Waals surface area contributed by atoms with Crippen LogP contribution in [0.3, 0.4) is 0 Å². The highest BCUT2D eigenvalue weighted by Gasteiger charge is 2.37. The number of carbonyl (C=O) groups is 3. The van der Waals surface area contributed by atoms with E-state index in [-0.39, 0.29) is 35.6 Å². The summed E-state index contributed by atoms with van der Waals surface area (Å²) in [5.41, 5.74) is 0.175. The summed E-state index contributed by atoms with van der Waals surface area (Å²) in [6, 6.07) is 4.47. The van der Waals surface area contributed by atoms with Crippen molar-refractivity contribution in [2.75, 3.05) is 19.7 Å². The zero-order valence-corrected chi connectivity index (χ0v) is 18.7. The van der Waals surface area contributed by atoms with Crippen molar-refractivity contribution in [1.82, 2.24) is 16.0 Å². The van der Waals surface area contributed by atoms with Crippen LogP contribution in [0.15, 0.2) is 18.2 Å². The van der Waals surface area contributed by atoms with Crippen molar-refractivity contribution < 1.29 is 23.7 Å². The molecule has 0 aromatic heterocycles. The van der Waals surface area contributed by atoms with Gasteiger partial charge in [-0.05, 0) is 37.5 Å². The van der Waals surface area contributed by atoms with Gasteiger partial charge in [-0.25, -0.2) is 0 Å². The van der Waals surface area contributed by atoms with Gasteiger partial charge in [0, 0.05) is 17.7 Å². The average molecular weight is 458 g/mol. The maximum absolute atomic E-state index is 12.5. The fourth-order valence-corrected chi connectivity index (χ4v) is 3.27. The summed E-state index contributed by atoms with van der Waals surface area (Å²) in [5.74, 6) is -1.78. The van der Waals surface area contributed by atoms with Gasteiger partial charge >= 0.3 is 13.1 Å². The first-order chi connectivity index (χ1) is 14.2. The van der Waals surface area contributed by atoms with Crippen molar-refractivity contribution >= 4 is 48.1 Å². The Hall–Kier alpha value is -1.81. The molecule has 0 saturated carbocycles. The van der Waals surface area contributed by atoms with Crippen LogP contribution in [0.2, 0.25) is 10.0 Å². The average Bonchev–Trinajstić information content (AvgIpc) is 2.67. The summed E-state index contributed by atoms with van der Waals surface area (Å²) in [6.45, 7) is 5.97. The van der Waals surface area contributed by atoms with Crippen molar-refractivity contribution in [3.8, 4) is 0 Å². The summed E-state index contributed by atoms with van der Waals surface area (Å²) in [7, 11) is -0.911. The van der Waals surface area contributed by atoms with Crippen molar-refractivity contribution in [2.24, 2.45) is 5.92 Å². The van der Waals surface area contributed by atoms with E-state index in [0.29, 0.717) is 18.1 Å². The molecule has 30 heavy (non-hydrogen) atoms. The fourth-order valence-electron chi connectivity index (χ4n) is 2.89. The molecule has 1 unspecified atom stereocenters. The van der Waals surface area contributed by atoms with Gasteiger partial charge in [0.15, 0.2) is 0 Å². The number of benzene rings is 1. The Balaban J connectivity index is 1.99. The van der Waals surface area contributed by atoms with E-state index in [1.54, 1.807) is 6.07 Å². The third-order valence-electron chi connectivity index (χ3n) is 4.34. The first-order valence-electron chi connectivity index (χ1n) is 9.72. The molecule has 1 saturated heterocycles. The number of halogens is 2. The normalized spacial score (nSPS) is 18.3. The lowest BCUT2D eigenvalue weighted by atomic mass is 9.73. The Kier molecular flexibility index (Phi) is 9.42. The first-order valence-corrected chi connectivity index (χ1v) is 10.5. The number of nitrogens with one attached hydrogen (secondary N) is 3. The second-order valence-corrected chi connectivity index (χ2v) is 8.43. The molecular formula is C19H26BCl2N3O5. The van der Waals surface area contributed by atoms with Crippen LogP contribution in [0.4, 0.5) is 0 Å². The maximum Gasteiger partial charge on any atom is 0.551 e. The Bertz CT molecular complexity index is 781. The van der Waals surface area contributed by atoms with E-state index in [9.17, 15) is 14.4 Å². The minimum Gasteiger partial charge on any atom is -0.507 e. The predicted molar refractivity (Wildman–Crippen MR) is 115 cm³/mol. The van der Waals surface area contributed by atoms with Gasteiger partial charge in [-0.3, -0.25) is 14.4 Å². The molecule has 2 rings (SSSR count). The number of amides is 2. The van der Waals surface area contributed by atoms with E-state index in [1.165, 1.54) is 12.1 Å². The lowest BCUT2D eigenvalue weighted by Crippen LogP contribution is -2.55. The van der Waals surface area contributed by atoms with Crippen LogP contribution >= 0.6 is 23.2 Å². The molecule has 0 aliphatic carbocycles. The molecule has 1 fully saturated rings. The quantitative estimate of drug-likeness (QED) is 0.539. The zero-order chi connectivity index (χ0) is 22.3.